The van der Waals surface area contributed by atoms with Crippen molar-refractivity contribution in [2.45, 2.75) is 13.0 Å². The molecule has 0 heterocycles. The first kappa shape index (κ1) is 19.4. The first-order valence-electron chi connectivity index (χ1n) is 7.19. The van der Waals surface area contributed by atoms with Gasteiger partial charge in [0.15, 0.2) is 12.7 Å². The highest BCUT2D eigenvalue weighted by molar-refractivity contribution is 6.35. The fourth-order valence-electron chi connectivity index (χ4n) is 1.81. The lowest BCUT2D eigenvalue weighted by Gasteiger charge is -2.15. The molecule has 8 heteroatoms. The number of ether oxygens (including phenoxy) is 2. The Kier molecular flexibility index (Phi) is 6.93. The molecule has 0 fully saturated rings. The summed E-state index contributed by atoms with van der Waals surface area (Å²) in [5.74, 6) is -0.904. The van der Waals surface area contributed by atoms with Crippen LogP contribution in [0.1, 0.15) is 6.92 Å². The van der Waals surface area contributed by atoms with Gasteiger partial charge in [0.2, 0.25) is 0 Å². The van der Waals surface area contributed by atoms with Gasteiger partial charge in [-0.25, -0.2) is 4.79 Å². The highest BCUT2D eigenvalue weighted by Crippen LogP contribution is 2.26. The summed E-state index contributed by atoms with van der Waals surface area (Å²) in [6.07, 6.45) is -1.04. The topological polar surface area (TPSA) is 64.6 Å². The van der Waals surface area contributed by atoms with Gasteiger partial charge < -0.3 is 14.8 Å². The van der Waals surface area contributed by atoms with Gasteiger partial charge in [0.25, 0.3) is 5.91 Å². The Morgan fingerprint density at radius 3 is 2.52 bits per heavy atom. The lowest BCUT2D eigenvalue weighted by Crippen LogP contribution is -2.31. The molecule has 1 amide bonds. The van der Waals surface area contributed by atoms with Gasteiger partial charge in [0.05, 0.1) is 15.7 Å². The van der Waals surface area contributed by atoms with Crippen LogP contribution in [-0.2, 0) is 14.3 Å². The number of hydrogen-bond donors (Lipinski definition) is 1. The van der Waals surface area contributed by atoms with E-state index in [2.05, 4.69) is 5.32 Å². The SMILES string of the molecule is C[C@H](OC(=O)COc1ccccc1Cl)C(=O)Nc1cc(Cl)ccc1Cl. The third-order valence-electron chi connectivity index (χ3n) is 3.05. The second-order valence-corrected chi connectivity index (χ2v) is 6.22. The van der Waals surface area contributed by atoms with E-state index >= 15 is 0 Å². The summed E-state index contributed by atoms with van der Waals surface area (Å²) in [5.41, 5.74) is 0.328. The van der Waals surface area contributed by atoms with Crippen LogP contribution in [0.15, 0.2) is 42.5 Å². The van der Waals surface area contributed by atoms with Gasteiger partial charge >= 0.3 is 5.97 Å². The lowest BCUT2D eigenvalue weighted by atomic mass is 10.3. The van der Waals surface area contributed by atoms with Gasteiger partial charge in [-0.2, -0.15) is 0 Å². The fraction of sp³-hybridized carbons (Fsp3) is 0.176. The van der Waals surface area contributed by atoms with Crippen LogP contribution >= 0.6 is 34.8 Å². The summed E-state index contributed by atoms with van der Waals surface area (Å²) < 4.78 is 10.3. The summed E-state index contributed by atoms with van der Waals surface area (Å²) >= 11 is 17.7. The van der Waals surface area contributed by atoms with Crippen molar-refractivity contribution in [2.24, 2.45) is 0 Å². The molecular formula is C17H14Cl3NO4. The Bertz CT molecular complexity index is 782. The molecule has 5 nitrogen and oxygen atoms in total. The van der Waals surface area contributed by atoms with Crippen molar-refractivity contribution in [1.29, 1.82) is 0 Å². The lowest BCUT2D eigenvalue weighted by molar-refractivity contribution is -0.155. The highest BCUT2D eigenvalue weighted by Gasteiger charge is 2.19. The second kappa shape index (κ2) is 8.94. The van der Waals surface area contributed by atoms with E-state index in [4.69, 9.17) is 44.3 Å². The van der Waals surface area contributed by atoms with Crippen molar-refractivity contribution in [1.82, 2.24) is 0 Å². The van der Waals surface area contributed by atoms with Crippen molar-refractivity contribution < 1.29 is 19.1 Å². The van der Waals surface area contributed by atoms with Gasteiger partial charge in [-0.15, -0.1) is 0 Å². The maximum atomic E-state index is 12.1. The number of rotatable bonds is 6. The van der Waals surface area contributed by atoms with Crippen LogP contribution in [0.5, 0.6) is 5.75 Å². The van der Waals surface area contributed by atoms with Gasteiger partial charge in [-0.3, -0.25) is 4.79 Å². The number of hydrogen-bond acceptors (Lipinski definition) is 4. The van der Waals surface area contributed by atoms with Crippen molar-refractivity contribution in [3.63, 3.8) is 0 Å². The standard InChI is InChI=1S/C17H14Cl3NO4/c1-10(17(23)21-14-8-11(18)6-7-12(14)19)25-16(22)9-24-15-5-3-2-4-13(15)20/h2-8,10H,9H2,1H3,(H,21,23)/t10-/m0/s1. The Balaban J connectivity index is 1.87. The smallest absolute Gasteiger partial charge is 0.344 e. The highest BCUT2D eigenvalue weighted by atomic mass is 35.5. The van der Waals surface area contributed by atoms with E-state index in [1.807, 2.05) is 0 Å². The normalized spacial score (nSPS) is 11.5. The van der Waals surface area contributed by atoms with Crippen LogP contribution in [0.2, 0.25) is 15.1 Å². The third kappa shape index (κ3) is 5.81. The summed E-state index contributed by atoms with van der Waals surface area (Å²) in [6.45, 7) is 1.06. The Hall–Kier alpha value is -1.95. The predicted octanol–water partition coefficient (Wildman–Crippen LogP) is 4.60. The molecule has 132 valence electrons. The van der Waals surface area contributed by atoms with E-state index in [-0.39, 0.29) is 6.61 Å². The Labute approximate surface area is 159 Å². The van der Waals surface area contributed by atoms with Crippen LogP contribution in [0.25, 0.3) is 0 Å². The molecule has 1 N–H and O–H groups in total. The molecule has 0 radical (unpaired) electrons. The number of para-hydroxylation sites is 1. The molecular weight excluding hydrogens is 389 g/mol. The monoisotopic (exact) mass is 401 g/mol. The van der Waals surface area contributed by atoms with E-state index in [9.17, 15) is 9.59 Å². The zero-order valence-corrected chi connectivity index (χ0v) is 15.4. The van der Waals surface area contributed by atoms with Crippen molar-refractivity contribution in [3.05, 3.63) is 57.5 Å². The van der Waals surface area contributed by atoms with E-state index in [1.165, 1.54) is 13.0 Å². The molecule has 0 spiro atoms. The van der Waals surface area contributed by atoms with Crippen LogP contribution < -0.4 is 10.1 Å². The zero-order valence-electron chi connectivity index (χ0n) is 13.1. The maximum absolute atomic E-state index is 12.1. The summed E-state index contributed by atoms with van der Waals surface area (Å²) in [4.78, 5) is 23.9. The average Bonchev–Trinajstić information content (AvgIpc) is 2.57. The Morgan fingerprint density at radius 1 is 1.08 bits per heavy atom. The molecule has 2 aromatic rings. The number of halogens is 3. The minimum Gasteiger partial charge on any atom is -0.480 e. The van der Waals surface area contributed by atoms with E-state index in [1.54, 1.807) is 36.4 Å². The third-order valence-corrected chi connectivity index (χ3v) is 3.92. The number of carbonyl (C=O) groups is 2. The quantitative estimate of drug-likeness (QED) is 0.717. The molecule has 2 aromatic carbocycles. The molecule has 2 rings (SSSR count). The first-order valence-corrected chi connectivity index (χ1v) is 8.33. The van der Waals surface area contributed by atoms with Crippen LogP contribution in [0.3, 0.4) is 0 Å². The molecule has 1 atom stereocenters. The minimum atomic E-state index is -1.04. The number of anilines is 1. The number of benzene rings is 2. The summed E-state index contributed by atoms with van der Waals surface area (Å²) in [7, 11) is 0. The van der Waals surface area contributed by atoms with E-state index in [0.717, 1.165) is 0 Å². The van der Waals surface area contributed by atoms with Crippen LogP contribution in [0.4, 0.5) is 5.69 Å². The van der Waals surface area contributed by atoms with Crippen molar-refractivity contribution in [2.75, 3.05) is 11.9 Å². The predicted molar refractivity (Wildman–Crippen MR) is 97.6 cm³/mol. The molecule has 0 aliphatic heterocycles. The molecule has 0 aliphatic carbocycles. The van der Waals surface area contributed by atoms with Gasteiger partial charge in [-0.05, 0) is 37.3 Å². The molecule has 0 aromatic heterocycles. The minimum absolute atomic E-state index is 0.318. The van der Waals surface area contributed by atoms with Crippen LogP contribution in [0, 0.1) is 0 Å². The Morgan fingerprint density at radius 2 is 1.80 bits per heavy atom. The summed E-state index contributed by atoms with van der Waals surface area (Å²) in [5, 5.41) is 3.65. The molecule has 0 unspecified atom stereocenters. The molecule has 0 saturated carbocycles. The number of amides is 1. The average molecular weight is 403 g/mol. The number of esters is 1. The van der Waals surface area contributed by atoms with Gasteiger partial charge in [-0.1, -0.05) is 46.9 Å². The van der Waals surface area contributed by atoms with E-state index < -0.39 is 18.0 Å². The van der Waals surface area contributed by atoms with Gasteiger partial charge in [0, 0.05) is 5.02 Å². The van der Waals surface area contributed by atoms with Crippen LogP contribution in [-0.4, -0.2) is 24.6 Å². The first-order chi connectivity index (χ1) is 11.9. The van der Waals surface area contributed by atoms with Crippen molar-refractivity contribution >= 4 is 52.4 Å². The van der Waals surface area contributed by atoms with Gasteiger partial charge in [0.1, 0.15) is 5.75 Å². The molecule has 0 bridgehead atoms. The molecule has 0 aliphatic rings. The number of nitrogens with one attached hydrogen (secondary N) is 1. The fourth-order valence-corrected chi connectivity index (χ4v) is 2.34. The largest absolute Gasteiger partial charge is 0.480 e. The zero-order chi connectivity index (χ0) is 18.4. The van der Waals surface area contributed by atoms with E-state index in [0.29, 0.717) is 26.5 Å². The summed E-state index contributed by atoms with van der Waals surface area (Å²) in [6, 6.07) is 11.3. The number of carbonyl (C=O) groups excluding carboxylic acids is 2. The second-order valence-electron chi connectivity index (χ2n) is 4.96. The van der Waals surface area contributed by atoms with Crippen molar-refractivity contribution in [3.8, 4) is 5.75 Å². The molecule has 0 saturated heterocycles. The molecule has 25 heavy (non-hydrogen) atoms. The maximum Gasteiger partial charge on any atom is 0.344 e.